The number of pyridine rings is 1. The summed E-state index contributed by atoms with van der Waals surface area (Å²) in [5.41, 5.74) is 2.70. The van der Waals surface area contributed by atoms with Crippen LogP contribution in [0.5, 0.6) is 0 Å². The predicted molar refractivity (Wildman–Crippen MR) is 118 cm³/mol. The standard InChI is InChI=1S/C22H21ClN6O2/c1-14-20(13-26-29(14)18-4-2-16(23)3-5-18)22(31)27-17-10-15(11-24)21(25-12-17)28-8-6-19(30)7-9-28/h2-5,10,12-13,19,30H,6-9H2,1H3,(H,27,31). The highest BCUT2D eigenvalue weighted by Gasteiger charge is 2.21. The zero-order valence-electron chi connectivity index (χ0n) is 16.9. The van der Waals surface area contributed by atoms with Crippen LogP contribution in [0.25, 0.3) is 5.69 Å². The molecule has 31 heavy (non-hydrogen) atoms. The molecule has 4 rings (SSSR count). The van der Waals surface area contributed by atoms with Crippen LogP contribution in [0.15, 0.2) is 42.7 Å². The summed E-state index contributed by atoms with van der Waals surface area (Å²) in [6, 6.07) is 10.9. The molecule has 0 unspecified atom stereocenters. The minimum atomic E-state index is -0.336. The van der Waals surface area contributed by atoms with Gasteiger partial charge in [-0.15, -0.1) is 0 Å². The van der Waals surface area contributed by atoms with Crippen molar-refractivity contribution in [3.63, 3.8) is 0 Å². The van der Waals surface area contributed by atoms with Gasteiger partial charge in [0.25, 0.3) is 5.91 Å². The van der Waals surface area contributed by atoms with Crippen LogP contribution in [0.2, 0.25) is 5.02 Å². The Kier molecular flexibility index (Phi) is 5.89. The molecule has 3 aromatic rings. The lowest BCUT2D eigenvalue weighted by atomic mass is 10.1. The monoisotopic (exact) mass is 436 g/mol. The Balaban J connectivity index is 1.52. The van der Waals surface area contributed by atoms with Crippen LogP contribution in [0.1, 0.15) is 34.5 Å². The number of nitrogens with zero attached hydrogens (tertiary/aromatic N) is 5. The van der Waals surface area contributed by atoms with Gasteiger partial charge in [-0.3, -0.25) is 4.79 Å². The number of halogens is 1. The van der Waals surface area contributed by atoms with Crippen LogP contribution in [0.4, 0.5) is 11.5 Å². The summed E-state index contributed by atoms with van der Waals surface area (Å²) in [5, 5.41) is 27.0. The molecule has 1 saturated heterocycles. The molecule has 0 spiro atoms. The fourth-order valence-corrected chi connectivity index (χ4v) is 3.74. The number of anilines is 2. The SMILES string of the molecule is Cc1c(C(=O)Nc2cnc(N3CCC(O)CC3)c(C#N)c2)cnn1-c1ccc(Cl)cc1. The van der Waals surface area contributed by atoms with Crippen molar-refractivity contribution in [3.05, 3.63) is 64.6 Å². The van der Waals surface area contributed by atoms with Gasteiger partial charge < -0.3 is 15.3 Å². The summed E-state index contributed by atoms with van der Waals surface area (Å²) in [6.45, 7) is 3.08. The van der Waals surface area contributed by atoms with Crippen molar-refractivity contribution in [1.29, 1.82) is 5.26 Å². The van der Waals surface area contributed by atoms with Crippen molar-refractivity contribution in [2.24, 2.45) is 0 Å². The number of hydrogen-bond acceptors (Lipinski definition) is 6. The lowest BCUT2D eigenvalue weighted by Gasteiger charge is -2.31. The van der Waals surface area contributed by atoms with Gasteiger partial charge in [0.05, 0.1) is 46.7 Å². The van der Waals surface area contributed by atoms with Crippen LogP contribution in [0, 0.1) is 18.3 Å². The molecule has 8 nitrogen and oxygen atoms in total. The molecule has 1 aromatic carbocycles. The molecule has 0 bridgehead atoms. The Labute approximate surface area is 184 Å². The zero-order valence-corrected chi connectivity index (χ0v) is 17.7. The Hall–Kier alpha value is -3.41. The summed E-state index contributed by atoms with van der Waals surface area (Å²) >= 11 is 5.94. The normalized spacial score (nSPS) is 14.3. The molecule has 2 aromatic heterocycles. The van der Waals surface area contributed by atoms with Crippen molar-refractivity contribution in [1.82, 2.24) is 14.8 Å². The fraction of sp³-hybridized carbons (Fsp3) is 0.273. The molecule has 1 aliphatic heterocycles. The largest absolute Gasteiger partial charge is 0.393 e. The molecule has 0 radical (unpaired) electrons. The smallest absolute Gasteiger partial charge is 0.259 e. The number of aliphatic hydroxyl groups is 1. The highest BCUT2D eigenvalue weighted by atomic mass is 35.5. The van der Waals surface area contributed by atoms with E-state index < -0.39 is 0 Å². The number of carbonyl (C=O) groups is 1. The summed E-state index contributed by atoms with van der Waals surface area (Å²) in [7, 11) is 0. The van der Waals surface area contributed by atoms with Gasteiger partial charge in [0.1, 0.15) is 11.9 Å². The number of aliphatic hydroxyl groups excluding tert-OH is 1. The molecule has 9 heteroatoms. The number of amides is 1. The lowest BCUT2D eigenvalue weighted by molar-refractivity contribution is 0.102. The molecule has 0 aliphatic carbocycles. The van der Waals surface area contributed by atoms with Crippen molar-refractivity contribution in [2.45, 2.75) is 25.9 Å². The van der Waals surface area contributed by atoms with Crippen molar-refractivity contribution < 1.29 is 9.90 Å². The van der Waals surface area contributed by atoms with Crippen LogP contribution in [0.3, 0.4) is 0 Å². The Bertz CT molecular complexity index is 1140. The van der Waals surface area contributed by atoms with Gasteiger partial charge in [-0.05, 0) is 50.1 Å². The highest BCUT2D eigenvalue weighted by Crippen LogP contribution is 2.25. The molecule has 0 atom stereocenters. The Morgan fingerprint density at radius 2 is 1.97 bits per heavy atom. The molecule has 1 aliphatic rings. The molecule has 1 fully saturated rings. The van der Waals surface area contributed by atoms with E-state index in [2.05, 4.69) is 21.5 Å². The van der Waals surface area contributed by atoms with E-state index in [4.69, 9.17) is 11.6 Å². The number of benzene rings is 1. The third kappa shape index (κ3) is 4.38. The van der Waals surface area contributed by atoms with E-state index in [1.54, 1.807) is 22.9 Å². The first-order valence-electron chi connectivity index (χ1n) is 9.91. The van der Waals surface area contributed by atoms with Gasteiger partial charge in [0, 0.05) is 18.1 Å². The van der Waals surface area contributed by atoms with Gasteiger partial charge in [-0.25, -0.2) is 9.67 Å². The van der Waals surface area contributed by atoms with Crippen LogP contribution in [-0.2, 0) is 0 Å². The summed E-state index contributed by atoms with van der Waals surface area (Å²) in [4.78, 5) is 19.2. The van der Waals surface area contributed by atoms with Crippen LogP contribution >= 0.6 is 11.6 Å². The first kappa shape index (κ1) is 20.8. The van der Waals surface area contributed by atoms with Crippen LogP contribution < -0.4 is 10.2 Å². The molecular formula is C22H21ClN6O2. The average Bonchev–Trinajstić information content (AvgIpc) is 3.16. The maximum atomic E-state index is 12.8. The molecule has 158 valence electrons. The van der Waals surface area contributed by atoms with Gasteiger partial charge in [-0.2, -0.15) is 10.4 Å². The fourth-order valence-electron chi connectivity index (χ4n) is 3.61. The molecule has 0 saturated carbocycles. The van der Waals surface area contributed by atoms with E-state index >= 15 is 0 Å². The second-order valence-electron chi connectivity index (χ2n) is 7.41. The van der Waals surface area contributed by atoms with E-state index in [1.807, 2.05) is 24.0 Å². The van der Waals surface area contributed by atoms with E-state index in [9.17, 15) is 15.2 Å². The Morgan fingerprint density at radius 1 is 1.26 bits per heavy atom. The van der Waals surface area contributed by atoms with Crippen molar-refractivity contribution in [3.8, 4) is 11.8 Å². The second-order valence-corrected chi connectivity index (χ2v) is 7.85. The third-order valence-electron chi connectivity index (χ3n) is 5.33. The number of carbonyl (C=O) groups excluding carboxylic acids is 1. The van der Waals surface area contributed by atoms with Crippen LogP contribution in [-0.4, -0.2) is 45.0 Å². The van der Waals surface area contributed by atoms with E-state index in [0.29, 0.717) is 59.3 Å². The number of rotatable bonds is 4. The first-order valence-corrected chi connectivity index (χ1v) is 10.3. The summed E-state index contributed by atoms with van der Waals surface area (Å²) < 4.78 is 1.66. The first-order chi connectivity index (χ1) is 15.0. The summed E-state index contributed by atoms with van der Waals surface area (Å²) in [5.74, 6) is 0.233. The van der Waals surface area contributed by atoms with Crippen molar-refractivity contribution >= 4 is 29.0 Å². The molecule has 2 N–H and O–H groups in total. The quantitative estimate of drug-likeness (QED) is 0.649. The maximum Gasteiger partial charge on any atom is 0.259 e. The Morgan fingerprint density at radius 3 is 2.65 bits per heavy atom. The van der Waals surface area contributed by atoms with Gasteiger partial charge in [0.2, 0.25) is 0 Å². The number of hydrogen-bond donors (Lipinski definition) is 2. The maximum absolute atomic E-state index is 12.8. The predicted octanol–water partition coefficient (Wildman–Crippen LogP) is 3.31. The number of piperidine rings is 1. The minimum absolute atomic E-state index is 0.308. The van der Waals surface area contributed by atoms with Gasteiger partial charge in [-0.1, -0.05) is 11.6 Å². The number of nitrogens with one attached hydrogen (secondary N) is 1. The average molecular weight is 437 g/mol. The molecule has 1 amide bonds. The van der Waals surface area contributed by atoms with Gasteiger partial charge >= 0.3 is 0 Å². The summed E-state index contributed by atoms with van der Waals surface area (Å²) in [6.07, 6.45) is 4.02. The third-order valence-corrected chi connectivity index (χ3v) is 5.59. The molecule has 3 heterocycles. The minimum Gasteiger partial charge on any atom is -0.393 e. The highest BCUT2D eigenvalue weighted by molar-refractivity contribution is 6.30. The number of aromatic nitrogens is 3. The number of nitriles is 1. The van der Waals surface area contributed by atoms with E-state index in [0.717, 1.165) is 5.69 Å². The second kappa shape index (κ2) is 8.76. The van der Waals surface area contributed by atoms with Crippen molar-refractivity contribution in [2.75, 3.05) is 23.3 Å². The lowest BCUT2D eigenvalue weighted by Crippen LogP contribution is -2.36. The topological polar surface area (TPSA) is 107 Å². The van der Waals surface area contributed by atoms with E-state index in [-0.39, 0.29) is 12.0 Å². The molecular weight excluding hydrogens is 416 g/mol. The zero-order chi connectivity index (χ0) is 22.0. The van der Waals surface area contributed by atoms with E-state index in [1.165, 1.54) is 12.4 Å². The van der Waals surface area contributed by atoms with Gasteiger partial charge in [0.15, 0.2) is 0 Å².